The number of halogens is 1. The standard InChI is InChI=1S/C16H11ClN2O2/c17-12-5-6-14-11(7-12)8-15(21-14)16(20)19-13-4-2-1-3-10(13)9-18/h1-7,15H,8H2,(H,19,20)/t15-/m1/s1. The molecule has 0 unspecified atom stereocenters. The molecule has 0 radical (unpaired) electrons. The fraction of sp³-hybridized carbons (Fsp3) is 0.125. The lowest BCUT2D eigenvalue weighted by Gasteiger charge is -2.12. The van der Waals surface area contributed by atoms with E-state index < -0.39 is 6.10 Å². The summed E-state index contributed by atoms with van der Waals surface area (Å²) in [4.78, 5) is 12.3. The molecule has 4 nitrogen and oxygen atoms in total. The molecule has 104 valence electrons. The lowest BCUT2D eigenvalue weighted by Crippen LogP contribution is -2.31. The Morgan fingerprint density at radius 2 is 2.14 bits per heavy atom. The van der Waals surface area contributed by atoms with Crippen molar-refractivity contribution in [1.29, 1.82) is 5.26 Å². The van der Waals surface area contributed by atoms with Crippen molar-refractivity contribution in [2.45, 2.75) is 12.5 Å². The number of nitriles is 1. The summed E-state index contributed by atoms with van der Waals surface area (Å²) in [6.45, 7) is 0. The van der Waals surface area contributed by atoms with E-state index in [-0.39, 0.29) is 5.91 Å². The van der Waals surface area contributed by atoms with Crippen LogP contribution in [0.3, 0.4) is 0 Å². The molecule has 2 aromatic rings. The van der Waals surface area contributed by atoms with Crippen molar-refractivity contribution in [3.05, 3.63) is 58.6 Å². The van der Waals surface area contributed by atoms with Gasteiger partial charge in [-0.1, -0.05) is 23.7 Å². The smallest absolute Gasteiger partial charge is 0.265 e. The van der Waals surface area contributed by atoms with Gasteiger partial charge in [0.25, 0.3) is 5.91 Å². The van der Waals surface area contributed by atoms with Crippen molar-refractivity contribution < 1.29 is 9.53 Å². The molecule has 21 heavy (non-hydrogen) atoms. The minimum Gasteiger partial charge on any atom is -0.480 e. The summed E-state index contributed by atoms with van der Waals surface area (Å²) in [7, 11) is 0. The topological polar surface area (TPSA) is 62.1 Å². The average Bonchev–Trinajstić information content (AvgIpc) is 2.91. The van der Waals surface area contributed by atoms with Crippen molar-refractivity contribution in [1.82, 2.24) is 0 Å². The highest BCUT2D eigenvalue weighted by Crippen LogP contribution is 2.31. The summed E-state index contributed by atoms with van der Waals surface area (Å²) < 4.78 is 5.62. The van der Waals surface area contributed by atoms with Gasteiger partial charge in [0.1, 0.15) is 11.8 Å². The zero-order valence-corrected chi connectivity index (χ0v) is 11.7. The number of nitrogens with zero attached hydrogens (tertiary/aromatic N) is 1. The highest BCUT2D eigenvalue weighted by Gasteiger charge is 2.29. The van der Waals surface area contributed by atoms with Crippen LogP contribution >= 0.6 is 11.6 Å². The van der Waals surface area contributed by atoms with Crippen LogP contribution in [-0.2, 0) is 11.2 Å². The Labute approximate surface area is 126 Å². The molecule has 5 heteroatoms. The Morgan fingerprint density at radius 3 is 2.95 bits per heavy atom. The summed E-state index contributed by atoms with van der Waals surface area (Å²) in [5.41, 5.74) is 1.82. The molecule has 0 spiro atoms. The second-order valence-electron chi connectivity index (χ2n) is 4.71. The molecule has 1 heterocycles. The van der Waals surface area contributed by atoms with E-state index in [9.17, 15) is 4.79 Å². The first kappa shape index (κ1) is 13.5. The predicted octanol–water partition coefficient (Wildman–Crippen LogP) is 3.15. The highest BCUT2D eigenvalue weighted by molar-refractivity contribution is 6.30. The van der Waals surface area contributed by atoms with Crippen molar-refractivity contribution >= 4 is 23.2 Å². The third-order valence-electron chi connectivity index (χ3n) is 3.29. The maximum atomic E-state index is 12.3. The van der Waals surface area contributed by atoms with E-state index in [0.29, 0.717) is 28.4 Å². The number of carbonyl (C=O) groups excluding carboxylic acids is 1. The largest absolute Gasteiger partial charge is 0.480 e. The van der Waals surface area contributed by atoms with Gasteiger partial charge in [0, 0.05) is 11.4 Å². The molecule has 1 amide bonds. The van der Waals surface area contributed by atoms with Crippen LogP contribution in [0.25, 0.3) is 0 Å². The number of fused-ring (bicyclic) bond motifs is 1. The van der Waals surface area contributed by atoms with Gasteiger partial charge in [-0.3, -0.25) is 4.79 Å². The first-order chi connectivity index (χ1) is 10.2. The van der Waals surface area contributed by atoms with E-state index in [4.69, 9.17) is 21.6 Å². The van der Waals surface area contributed by atoms with Gasteiger partial charge in [-0.2, -0.15) is 5.26 Å². The molecule has 0 saturated heterocycles. The van der Waals surface area contributed by atoms with E-state index in [1.807, 2.05) is 6.07 Å². The zero-order valence-electron chi connectivity index (χ0n) is 11.0. The fourth-order valence-electron chi connectivity index (χ4n) is 2.27. The van der Waals surface area contributed by atoms with Gasteiger partial charge in [-0.25, -0.2) is 0 Å². The number of anilines is 1. The molecule has 1 N–H and O–H groups in total. The van der Waals surface area contributed by atoms with Crippen LogP contribution < -0.4 is 10.1 Å². The average molecular weight is 299 g/mol. The lowest BCUT2D eigenvalue weighted by atomic mass is 10.1. The summed E-state index contributed by atoms with van der Waals surface area (Å²) in [6, 6.07) is 14.2. The maximum Gasteiger partial charge on any atom is 0.265 e. The third kappa shape index (κ3) is 2.69. The van der Waals surface area contributed by atoms with Crippen molar-refractivity contribution in [2.75, 3.05) is 5.32 Å². The van der Waals surface area contributed by atoms with Crippen LogP contribution in [0.2, 0.25) is 5.02 Å². The van der Waals surface area contributed by atoms with Gasteiger partial charge in [0.2, 0.25) is 0 Å². The summed E-state index contributed by atoms with van der Waals surface area (Å²) in [5, 5.41) is 12.4. The number of amides is 1. The Balaban J connectivity index is 1.75. The van der Waals surface area contributed by atoms with E-state index >= 15 is 0 Å². The quantitative estimate of drug-likeness (QED) is 0.926. The number of hydrogen-bond donors (Lipinski definition) is 1. The Bertz CT molecular complexity index is 752. The van der Waals surface area contributed by atoms with Crippen LogP contribution in [0, 0.1) is 11.3 Å². The van der Waals surface area contributed by atoms with Gasteiger partial charge in [0.15, 0.2) is 6.10 Å². The zero-order chi connectivity index (χ0) is 14.8. The molecular weight excluding hydrogens is 288 g/mol. The van der Waals surface area contributed by atoms with Gasteiger partial charge in [-0.15, -0.1) is 0 Å². The predicted molar refractivity (Wildman–Crippen MR) is 79.4 cm³/mol. The summed E-state index contributed by atoms with van der Waals surface area (Å²) in [6.07, 6.45) is -0.138. The number of hydrogen-bond acceptors (Lipinski definition) is 3. The van der Waals surface area contributed by atoms with Crippen molar-refractivity contribution in [2.24, 2.45) is 0 Å². The molecule has 0 fully saturated rings. The van der Waals surface area contributed by atoms with E-state index in [1.165, 1.54) is 0 Å². The lowest BCUT2D eigenvalue weighted by molar-refractivity contribution is -0.122. The molecule has 0 aliphatic carbocycles. The van der Waals surface area contributed by atoms with Gasteiger partial charge in [-0.05, 0) is 35.9 Å². The molecule has 0 aromatic heterocycles. The minimum atomic E-state index is -0.606. The number of benzene rings is 2. The Kier molecular flexibility index (Phi) is 3.51. The SMILES string of the molecule is N#Cc1ccccc1NC(=O)[C@H]1Cc2cc(Cl)ccc2O1. The van der Waals surface area contributed by atoms with Gasteiger partial charge in [0.05, 0.1) is 11.3 Å². The number of para-hydroxylation sites is 1. The number of nitrogens with one attached hydrogen (secondary N) is 1. The van der Waals surface area contributed by atoms with E-state index in [0.717, 1.165) is 5.56 Å². The third-order valence-corrected chi connectivity index (χ3v) is 3.53. The van der Waals surface area contributed by atoms with E-state index in [1.54, 1.807) is 42.5 Å². The van der Waals surface area contributed by atoms with E-state index in [2.05, 4.69) is 5.32 Å². The van der Waals surface area contributed by atoms with Crippen LogP contribution in [0.1, 0.15) is 11.1 Å². The number of rotatable bonds is 2. The number of ether oxygens (including phenoxy) is 1. The molecule has 0 bridgehead atoms. The Morgan fingerprint density at radius 1 is 1.33 bits per heavy atom. The van der Waals surface area contributed by atoms with Crippen LogP contribution in [-0.4, -0.2) is 12.0 Å². The molecule has 3 rings (SSSR count). The first-order valence-electron chi connectivity index (χ1n) is 6.42. The highest BCUT2D eigenvalue weighted by atomic mass is 35.5. The molecule has 1 aliphatic rings. The van der Waals surface area contributed by atoms with Crippen molar-refractivity contribution in [3.8, 4) is 11.8 Å². The molecule has 2 aromatic carbocycles. The van der Waals surface area contributed by atoms with Crippen LogP contribution in [0.5, 0.6) is 5.75 Å². The Hall–Kier alpha value is -2.51. The van der Waals surface area contributed by atoms with Gasteiger partial charge < -0.3 is 10.1 Å². The fourth-order valence-corrected chi connectivity index (χ4v) is 2.46. The molecule has 1 atom stereocenters. The maximum absolute atomic E-state index is 12.3. The molecule has 0 saturated carbocycles. The minimum absolute atomic E-state index is 0.273. The summed E-state index contributed by atoms with van der Waals surface area (Å²) in [5.74, 6) is 0.401. The summed E-state index contributed by atoms with van der Waals surface area (Å²) >= 11 is 5.93. The van der Waals surface area contributed by atoms with Gasteiger partial charge >= 0.3 is 0 Å². The van der Waals surface area contributed by atoms with Crippen LogP contribution in [0.15, 0.2) is 42.5 Å². The first-order valence-corrected chi connectivity index (χ1v) is 6.80. The molecule has 1 aliphatic heterocycles. The molecular formula is C16H11ClN2O2. The van der Waals surface area contributed by atoms with Crippen molar-refractivity contribution in [3.63, 3.8) is 0 Å². The van der Waals surface area contributed by atoms with Crippen LogP contribution in [0.4, 0.5) is 5.69 Å². The normalized spacial score (nSPS) is 15.7. The second-order valence-corrected chi connectivity index (χ2v) is 5.15. The second kappa shape index (κ2) is 5.47. The monoisotopic (exact) mass is 298 g/mol. The number of carbonyl (C=O) groups is 1.